The Morgan fingerprint density at radius 2 is 1.12 bits per heavy atom. The van der Waals surface area contributed by atoms with Gasteiger partial charge in [-0.1, -0.05) is 151 Å². The number of hydrogen-bond donors (Lipinski definition) is 0. The van der Waals surface area contributed by atoms with Gasteiger partial charge in [0.15, 0.2) is 0 Å². The van der Waals surface area contributed by atoms with Crippen LogP contribution >= 0.6 is 0 Å². The number of furan rings is 1. The molecule has 0 N–H and O–H groups in total. The molecule has 10 rings (SSSR count). The van der Waals surface area contributed by atoms with E-state index in [0.717, 1.165) is 32.3 Å². The normalized spacial score (nSPS) is 14.4. The molecule has 0 fully saturated rings. The van der Waals surface area contributed by atoms with Crippen LogP contribution < -0.4 is 4.90 Å². The Morgan fingerprint density at radius 1 is 0.420 bits per heavy atom. The lowest BCUT2D eigenvalue weighted by atomic mass is 9.95. The van der Waals surface area contributed by atoms with E-state index in [9.17, 15) is 6.85 Å². The predicted octanol–water partition coefficient (Wildman–Crippen LogP) is 13.8. The van der Waals surface area contributed by atoms with Crippen molar-refractivity contribution in [3.8, 4) is 22.3 Å². The molecule has 2 nitrogen and oxygen atoms in total. The summed E-state index contributed by atoms with van der Waals surface area (Å²) in [6.07, 6.45) is 0. The second kappa shape index (κ2) is 11.5. The standard InChI is InChI=1S/C48H31NO/c1-4-17-37-32(12-1)15-9-21-38(37)35-26-29-36(30-27-35)49(44-24-10-16-33-13-2-5-18-39(33)44)45-23-8-7-20-41(45)42-22-11-25-46-47(42)43-31-28-34-14-3-6-19-40(34)48(43)50-46/h1-31H/i2D,5D,10D,13D,16D,24D,26D,27D,29D,30D. The highest BCUT2D eigenvalue weighted by Gasteiger charge is 2.22. The molecule has 0 aliphatic heterocycles. The van der Waals surface area contributed by atoms with E-state index in [0.29, 0.717) is 33.5 Å². The molecule has 0 radical (unpaired) electrons. The molecule has 0 aliphatic rings. The van der Waals surface area contributed by atoms with E-state index in [4.69, 9.17) is 11.3 Å². The molecule has 234 valence electrons. The number of nitrogens with zero attached hydrogens (tertiary/aromatic N) is 1. The van der Waals surface area contributed by atoms with Gasteiger partial charge in [-0.2, -0.15) is 0 Å². The molecule has 1 aromatic heterocycles. The van der Waals surface area contributed by atoms with E-state index in [2.05, 4.69) is 0 Å². The van der Waals surface area contributed by atoms with Gasteiger partial charge in [0.1, 0.15) is 11.2 Å². The van der Waals surface area contributed by atoms with Gasteiger partial charge < -0.3 is 9.32 Å². The number of fused-ring (bicyclic) bond motifs is 7. The van der Waals surface area contributed by atoms with Crippen molar-refractivity contribution in [3.05, 3.63) is 188 Å². The van der Waals surface area contributed by atoms with Crippen molar-refractivity contribution in [1.82, 2.24) is 0 Å². The van der Waals surface area contributed by atoms with Crippen molar-refractivity contribution in [2.24, 2.45) is 0 Å². The van der Waals surface area contributed by atoms with Crippen LogP contribution in [-0.2, 0) is 0 Å². The SMILES string of the molecule is [2H]c1cc2c(N(c3ccccc3-c3cccc4oc5c6ccccc6ccc5c34)c3c([2H])c([2H])c(-c4cccc5ccccc45)c([2H])c3[2H])c([2H])c([2H])c([2H])c2c([2H])c1[2H]. The lowest BCUT2D eigenvalue weighted by Gasteiger charge is -2.29. The number of para-hydroxylation sites is 1. The molecule has 0 aliphatic carbocycles. The highest BCUT2D eigenvalue weighted by molar-refractivity contribution is 6.20. The molecule has 0 amide bonds. The fourth-order valence-electron chi connectivity index (χ4n) is 7.05. The molecule has 0 unspecified atom stereocenters. The summed E-state index contributed by atoms with van der Waals surface area (Å²) in [5.74, 6) is 0. The van der Waals surface area contributed by atoms with Crippen LogP contribution in [0.5, 0.6) is 0 Å². The van der Waals surface area contributed by atoms with Crippen LogP contribution in [0.15, 0.2) is 192 Å². The monoisotopic (exact) mass is 647 g/mol. The predicted molar refractivity (Wildman–Crippen MR) is 212 cm³/mol. The molecule has 9 aromatic carbocycles. The molecular weight excluding hydrogens is 607 g/mol. The number of anilines is 3. The maximum Gasteiger partial charge on any atom is 0.143 e. The molecule has 1 heterocycles. The minimum Gasteiger partial charge on any atom is -0.455 e. The maximum atomic E-state index is 9.72. The fraction of sp³-hybridized carbons (Fsp3) is 0. The van der Waals surface area contributed by atoms with Crippen molar-refractivity contribution in [2.45, 2.75) is 0 Å². The summed E-state index contributed by atoms with van der Waals surface area (Å²) >= 11 is 0. The Hall–Kier alpha value is -6.64. The average molecular weight is 648 g/mol. The second-order valence-electron chi connectivity index (χ2n) is 12.1. The Morgan fingerprint density at radius 3 is 2.02 bits per heavy atom. The summed E-state index contributed by atoms with van der Waals surface area (Å²) < 4.78 is 98.4. The zero-order valence-corrected chi connectivity index (χ0v) is 26.5. The van der Waals surface area contributed by atoms with Gasteiger partial charge in [0.2, 0.25) is 0 Å². The summed E-state index contributed by atoms with van der Waals surface area (Å²) in [5.41, 5.74) is 3.06. The van der Waals surface area contributed by atoms with Gasteiger partial charge in [-0.3, -0.25) is 0 Å². The topological polar surface area (TPSA) is 16.4 Å². The summed E-state index contributed by atoms with van der Waals surface area (Å²) in [4.78, 5) is 1.41. The Labute approximate surface area is 304 Å². The average Bonchev–Trinajstić information content (AvgIpc) is 3.66. The lowest BCUT2D eigenvalue weighted by molar-refractivity contribution is 0.673. The third-order valence-electron chi connectivity index (χ3n) is 9.31. The van der Waals surface area contributed by atoms with E-state index in [1.165, 1.54) is 11.0 Å². The van der Waals surface area contributed by atoms with Crippen molar-refractivity contribution < 1.29 is 18.1 Å². The second-order valence-corrected chi connectivity index (χ2v) is 12.1. The summed E-state index contributed by atoms with van der Waals surface area (Å²) in [5, 5.41) is 5.00. The van der Waals surface area contributed by atoms with Gasteiger partial charge in [-0.25, -0.2) is 0 Å². The molecule has 0 saturated carbocycles. The van der Waals surface area contributed by atoms with Crippen LogP contribution in [0.25, 0.3) is 76.5 Å². The first-order valence-corrected chi connectivity index (χ1v) is 16.3. The summed E-state index contributed by atoms with van der Waals surface area (Å²) in [7, 11) is 0. The molecule has 0 saturated heterocycles. The van der Waals surface area contributed by atoms with Gasteiger partial charge >= 0.3 is 0 Å². The van der Waals surface area contributed by atoms with Crippen LogP contribution in [0.3, 0.4) is 0 Å². The van der Waals surface area contributed by atoms with Crippen molar-refractivity contribution in [3.63, 3.8) is 0 Å². The van der Waals surface area contributed by atoms with Gasteiger partial charge in [-0.15, -0.1) is 0 Å². The maximum absolute atomic E-state index is 9.72. The first kappa shape index (κ1) is 20.0. The van der Waals surface area contributed by atoms with Gasteiger partial charge in [-0.05, 0) is 74.6 Å². The third kappa shape index (κ3) is 4.50. The van der Waals surface area contributed by atoms with Gasteiger partial charge in [0, 0.05) is 32.8 Å². The minimum atomic E-state index is -0.567. The number of rotatable bonds is 5. The van der Waals surface area contributed by atoms with Crippen LogP contribution in [0.2, 0.25) is 0 Å². The minimum absolute atomic E-state index is 0.00948. The molecule has 0 atom stereocenters. The molecular formula is C48H31NO. The lowest BCUT2D eigenvalue weighted by Crippen LogP contribution is -2.11. The Bertz CT molecular complexity index is 3430. The number of benzene rings is 9. The first-order chi connectivity index (χ1) is 29.0. The van der Waals surface area contributed by atoms with Crippen LogP contribution in [0.1, 0.15) is 13.7 Å². The van der Waals surface area contributed by atoms with E-state index >= 15 is 0 Å². The summed E-state index contributed by atoms with van der Waals surface area (Å²) in [6, 6.07) is 34.6. The molecule has 0 bridgehead atoms. The third-order valence-corrected chi connectivity index (χ3v) is 9.31. The molecule has 50 heavy (non-hydrogen) atoms. The largest absolute Gasteiger partial charge is 0.455 e. The van der Waals surface area contributed by atoms with Crippen LogP contribution in [0.4, 0.5) is 17.1 Å². The Kier molecular flexibility index (Phi) is 4.60. The van der Waals surface area contributed by atoms with Gasteiger partial charge in [0.25, 0.3) is 0 Å². The van der Waals surface area contributed by atoms with E-state index < -0.39 is 42.3 Å². The quantitative estimate of drug-likeness (QED) is 0.185. The molecule has 2 heteroatoms. The highest BCUT2D eigenvalue weighted by atomic mass is 16.3. The van der Waals surface area contributed by atoms with Gasteiger partial charge in [0.05, 0.1) is 25.1 Å². The van der Waals surface area contributed by atoms with Crippen LogP contribution in [-0.4, -0.2) is 0 Å². The highest BCUT2D eigenvalue weighted by Crippen LogP contribution is 2.47. The Balaban J connectivity index is 1.34. The summed E-state index contributed by atoms with van der Waals surface area (Å²) in [6.45, 7) is 0. The van der Waals surface area contributed by atoms with Crippen molar-refractivity contribution in [1.29, 1.82) is 0 Å². The fourth-order valence-corrected chi connectivity index (χ4v) is 7.05. The molecule has 10 aromatic rings. The zero-order chi connectivity index (χ0) is 41.7. The van der Waals surface area contributed by atoms with E-state index in [1.807, 2.05) is 97.1 Å². The van der Waals surface area contributed by atoms with Crippen molar-refractivity contribution in [2.75, 3.05) is 4.90 Å². The zero-order valence-electron chi connectivity index (χ0n) is 36.5. The number of hydrogen-bond acceptors (Lipinski definition) is 2. The molecule has 0 spiro atoms. The van der Waals surface area contributed by atoms with Crippen LogP contribution in [0, 0.1) is 0 Å². The van der Waals surface area contributed by atoms with E-state index in [1.54, 1.807) is 24.3 Å². The van der Waals surface area contributed by atoms with E-state index in [-0.39, 0.29) is 45.8 Å². The van der Waals surface area contributed by atoms with Crippen molar-refractivity contribution >= 4 is 71.3 Å². The smallest absolute Gasteiger partial charge is 0.143 e. The first-order valence-electron chi connectivity index (χ1n) is 21.3.